The zero-order valence-corrected chi connectivity index (χ0v) is 12.6. The fourth-order valence-corrected chi connectivity index (χ4v) is 4.09. The molecule has 1 aromatic heterocycles. The van der Waals surface area contributed by atoms with Crippen LogP contribution in [0.25, 0.3) is 0 Å². The summed E-state index contributed by atoms with van der Waals surface area (Å²) in [5.74, 6) is -1.21. The monoisotopic (exact) mass is 309 g/mol. The number of carboxylic acids is 1. The Morgan fingerprint density at radius 2 is 2.05 bits per heavy atom. The molecule has 6 heteroatoms. The number of carboxylic acid groups (broad SMARTS) is 1. The summed E-state index contributed by atoms with van der Waals surface area (Å²) in [7, 11) is 0. The molecule has 1 aromatic rings. The van der Waals surface area contributed by atoms with E-state index in [0.29, 0.717) is 17.7 Å². The predicted octanol–water partition coefficient (Wildman–Crippen LogP) is 2.73. The van der Waals surface area contributed by atoms with Crippen LogP contribution in [0.5, 0.6) is 0 Å². The smallest absolute Gasteiger partial charge is 0.329 e. The van der Waals surface area contributed by atoms with Crippen LogP contribution in [0.2, 0.25) is 0 Å². The fraction of sp³-hybridized carbons (Fsp3) is 0.600. The standard InChI is InChI=1S/C15H19NO4S/c17-13(16-15(14(18)19)7-1-2-8-15)12-6-5-11(21-12)10-4-3-9-20-10/h5-6,10H,1-4,7-9H2,(H,16,17)(H,18,19). The zero-order valence-electron chi connectivity index (χ0n) is 11.8. The van der Waals surface area contributed by atoms with Crippen molar-refractivity contribution in [1.29, 1.82) is 0 Å². The van der Waals surface area contributed by atoms with Gasteiger partial charge in [0.2, 0.25) is 0 Å². The number of hydrogen-bond acceptors (Lipinski definition) is 4. The van der Waals surface area contributed by atoms with Crippen molar-refractivity contribution in [2.75, 3.05) is 6.61 Å². The minimum Gasteiger partial charge on any atom is -0.480 e. The number of aliphatic carboxylic acids is 1. The molecule has 1 saturated heterocycles. The molecule has 1 saturated carbocycles. The molecule has 2 aliphatic rings. The molecule has 0 aromatic carbocycles. The topological polar surface area (TPSA) is 75.6 Å². The molecule has 114 valence electrons. The van der Waals surface area contributed by atoms with Crippen molar-refractivity contribution in [3.8, 4) is 0 Å². The quantitative estimate of drug-likeness (QED) is 0.896. The maximum Gasteiger partial charge on any atom is 0.329 e. The van der Waals surface area contributed by atoms with Gasteiger partial charge < -0.3 is 15.2 Å². The number of amides is 1. The van der Waals surface area contributed by atoms with Crippen molar-refractivity contribution in [3.05, 3.63) is 21.9 Å². The lowest BCUT2D eigenvalue weighted by molar-refractivity contribution is -0.144. The van der Waals surface area contributed by atoms with Gasteiger partial charge in [-0.25, -0.2) is 4.79 Å². The van der Waals surface area contributed by atoms with Crippen molar-refractivity contribution in [1.82, 2.24) is 5.32 Å². The number of rotatable bonds is 4. The fourth-order valence-electron chi connectivity index (χ4n) is 3.10. The van der Waals surface area contributed by atoms with E-state index in [1.165, 1.54) is 11.3 Å². The number of carbonyl (C=O) groups excluding carboxylic acids is 1. The molecular formula is C15H19NO4S. The van der Waals surface area contributed by atoms with Gasteiger partial charge in [-0.2, -0.15) is 0 Å². The summed E-state index contributed by atoms with van der Waals surface area (Å²) in [6.07, 6.45) is 4.84. The molecule has 0 bridgehead atoms. The number of thiophene rings is 1. The average Bonchev–Trinajstić information content (AvgIpc) is 3.20. The van der Waals surface area contributed by atoms with Gasteiger partial charge in [-0.15, -0.1) is 11.3 Å². The van der Waals surface area contributed by atoms with Crippen molar-refractivity contribution in [3.63, 3.8) is 0 Å². The molecule has 0 spiro atoms. The number of ether oxygens (including phenoxy) is 1. The maximum absolute atomic E-state index is 12.3. The first-order valence-corrected chi connectivity index (χ1v) is 8.20. The second-order valence-corrected chi connectivity index (χ2v) is 6.87. The highest BCUT2D eigenvalue weighted by Gasteiger charge is 2.42. The zero-order chi connectivity index (χ0) is 14.9. The van der Waals surface area contributed by atoms with Crippen molar-refractivity contribution in [2.45, 2.75) is 50.2 Å². The lowest BCUT2D eigenvalue weighted by Gasteiger charge is -2.24. The number of carbonyl (C=O) groups is 2. The summed E-state index contributed by atoms with van der Waals surface area (Å²) in [6, 6.07) is 3.68. The van der Waals surface area contributed by atoms with E-state index in [0.717, 1.165) is 37.2 Å². The molecule has 21 heavy (non-hydrogen) atoms. The van der Waals surface area contributed by atoms with Crippen LogP contribution in [0, 0.1) is 0 Å². The van der Waals surface area contributed by atoms with E-state index >= 15 is 0 Å². The van der Waals surface area contributed by atoms with E-state index in [1.807, 2.05) is 6.07 Å². The summed E-state index contributed by atoms with van der Waals surface area (Å²) in [5.41, 5.74) is -1.08. The third-order valence-electron chi connectivity index (χ3n) is 4.32. The molecule has 1 aliphatic carbocycles. The van der Waals surface area contributed by atoms with Crippen LogP contribution < -0.4 is 5.32 Å². The van der Waals surface area contributed by atoms with Gasteiger partial charge >= 0.3 is 5.97 Å². The van der Waals surface area contributed by atoms with Crippen LogP contribution in [0.15, 0.2) is 12.1 Å². The molecule has 1 unspecified atom stereocenters. The first-order valence-electron chi connectivity index (χ1n) is 7.38. The molecule has 0 radical (unpaired) electrons. The Labute approximate surface area is 127 Å². The Morgan fingerprint density at radius 3 is 2.67 bits per heavy atom. The Balaban J connectivity index is 1.71. The molecular weight excluding hydrogens is 290 g/mol. The largest absolute Gasteiger partial charge is 0.480 e. The van der Waals surface area contributed by atoms with Crippen LogP contribution in [0.1, 0.15) is 59.2 Å². The van der Waals surface area contributed by atoms with Crippen LogP contribution in [0.3, 0.4) is 0 Å². The second kappa shape index (κ2) is 5.77. The third kappa shape index (κ3) is 2.82. The SMILES string of the molecule is O=C(NC1(C(=O)O)CCCC1)c1ccc(C2CCCO2)s1. The summed E-state index contributed by atoms with van der Waals surface area (Å²) < 4.78 is 5.61. The highest BCUT2D eigenvalue weighted by Crippen LogP contribution is 2.34. The van der Waals surface area contributed by atoms with Crippen LogP contribution in [-0.2, 0) is 9.53 Å². The van der Waals surface area contributed by atoms with E-state index < -0.39 is 11.5 Å². The van der Waals surface area contributed by atoms with E-state index in [4.69, 9.17) is 4.74 Å². The molecule has 1 aliphatic heterocycles. The van der Waals surface area contributed by atoms with Crippen LogP contribution in [-0.4, -0.2) is 29.1 Å². The van der Waals surface area contributed by atoms with Gasteiger partial charge in [0.15, 0.2) is 0 Å². The van der Waals surface area contributed by atoms with Crippen molar-refractivity contribution >= 4 is 23.2 Å². The van der Waals surface area contributed by atoms with Crippen molar-refractivity contribution in [2.24, 2.45) is 0 Å². The van der Waals surface area contributed by atoms with Crippen LogP contribution in [0.4, 0.5) is 0 Å². The number of hydrogen-bond donors (Lipinski definition) is 2. The van der Waals surface area contributed by atoms with E-state index in [2.05, 4.69) is 5.32 Å². The Morgan fingerprint density at radius 1 is 1.29 bits per heavy atom. The first-order chi connectivity index (χ1) is 10.1. The van der Waals surface area contributed by atoms with Gasteiger partial charge in [0.1, 0.15) is 5.54 Å². The molecule has 1 atom stereocenters. The molecule has 2 fully saturated rings. The Kier molecular flexibility index (Phi) is 3.99. The highest BCUT2D eigenvalue weighted by molar-refractivity contribution is 7.14. The van der Waals surface area contributed by atoms with Gasteiger partial charge in [-0.1, -0.05) is 12.8 Å². The summed E-state index contributed by atoms with van der Waals surface area (Å²) in [5, 5.41) is 12.1. The minimum atomic E-state index is -1.08. The van der Waals surface area contributed by atoms with Gasteiger partial charge in [0.05, 0.1) is 11.0 Å². The molecule has 2 heterocycles. The molecule has 3 rings (SSSR count). The van der Waals surface area contributed by atoms with Gasteiger partial charge in [-0.3, -0.25) is 4.79 Å². The minimum absolute atomic E-state index is 0.0939. The van der Waals surface area contributed by atoms with Crippen LogP contribution >= 0.6 is 11.3 Å². The number of nitrogens with one attached hydrogen (secondary N) is 1. The molecule has 2 N–H and O–H groups in total. The van der Waals surface area contributed by atoms with Gasteiger partial charge in [0, 0.05) is 11.5 Å². The molecule has 5 nitrogen and oxygen atoms in total. The Hall–Kier alpha value is -1.40. The van der Waals surface area contributed by atoms with E-state index in [1.54, 1.807) is 6.07 Å². The predicted molar refractivity (Wildman–Crippen MR) is 78.5 cm³/mol. The van der Waals surface area contributed by atoms with E-state index in [-0.39, 0.29) is 12.0 Å². The average molecular weight is 309 g/mol. The highest BCUT2D eigenvalue weighted by atomic mass is 32.1. The summed E-state index contributed by atoms with van der Waals surface area (Å²) >= 11 is 1.40. The first kappa shape index (κ1) is 14.5. The summed E-state index contributed by atoms with van der Waals surface area (Å²) in [4.78, 5) is 25.4. The molecule has 1 amide bonds. The normalized spacial score (nSPS) is 24.1. The third-order valence-corrected chi connectivity index (χ3v) is 5.49. The lowest BCUT2D eigenvalue weighted by Crippen LogP contribution is -2.52. The van der Waals surface area contributed by atoms with Gasteiger partial charge in [-0.05, 0) is 37.8 Å². The van der Waals surface area contributed by atoms with Crippen molar-refractivity contribution < 1.29 is 19.4 Å². The second-order valence-electron chi connectivity index (χ2n) is 5.75. The summed E-state index contributed by atoms with van der Waals surface area (Å²) in [6.45, 7) is 0.770. The van der Waals surface area contributed by atoms with E-state index in [9.17, 15) is 14.7 Å². The Bertz CT molecular complexity index is 542. The van der Waals surface area contributed by atoms with Gasteiger partial charge in [0.25, 0.3) is 5.91 Å². The lowest BCUT2D eigenvalue weighted by atomic mass is 9.98. The maximum atomic E-state index is 12.3.